The maximum Gasteiger partial charge on any atom is 0.268 e. The fourth-order valence-electron chi connectivity index (χ4n) is 4.05. The standard InChI is InChI=1S/C24H32N4O6/c1-13(2)9-17(23(32)26-12-20(30)19(29)10-14-7-8-25-22(14)31)28-24(33)18-11-15-16(27-18)5-4-6-21(15)34-3/h4-6,11,13-14,17,19,27,29H,7-10,12H2,1-3H3,(H,25,31)(H,26,32)(H,28,33)/t14-,17-,19?/m0/s1. The molecule has 3 atom stereocenters. The van der Waals surface area contributed by atoms with E-state index in [1.54, 1.807) is 25.3 Å². The molecular formula is C24H32N4O6. The topological polar surface area (TPSA) is 150 Å². The van der Waals surface area contributed by atoms with E-state index in [4.69, 9.17) is 4.74 Å². The van der Waals surface area contributed by atoms with Crippen LogP contribution in [0.4, 0.5) is 0 Å². The van der Waals surface area contributed by atoms with Gasteiger partial charge in [0.1, 0.15) is 23.6 Å². The Labute approximate surface area is 197 Å². The van der Waals surface area contributed by atoms with Crippen molar-refractivity contribution < 1.29 is 29.0 Å². The van der Waals surface area contributed by atoms with Gasteiger partial charge in [-0.1, -0.05) is 19.9 Å². The summed E-state index contributed by atoms with van der Waals surface area (Å²) in [4.78, 5) is 52.6. The summed E-state index contributed by atoms with van der Waals surface area (Å²) in [6, 6.07) is 6.20. The van der Waals surface area contributed by atoms with E-state index in [-0.39, 0.29) is 30.5 Å². The molecule has 0 spiro atoms. The third-order valence-electron chi connectivity index (χ3n) is 5.90. The van der Waals surface area contributed by atoms with Gasteiger partial charge in [0.2, 0.25) is 11.8 Å². The first-order valence-electron chi connectivity index (χ1n) is 11.4. The Bertz CT molecular complexity index is 1060. The van der Waals surface area contributed by atoms with Crippen molar-refractivity contribution in [2.45, 2.75) is 45.3 Å². The molecule has 2 heterocycles. The summed E-state index contributed by atoms with van der Waals surface area (Å²) < 4.78 is 5.32. The van der Waals surface area contributed by atoms with E-state index in [9.17, 15) is 24.3 Å². The number of Topliss-reactive ketones (excluding diaryl/α,β-unsaturated/α-hetero) is 1. The lowest BCUT2D eigenvalue weighted by molar-refractivity contribution is -0.132. The minimum atomic E-state index is -1.34. The summed E-state index contributed by atoms with van der Waals surface area (Å²) in [5.41, 5.74) is 1.01. The molecule has 0 radical (unpaired) electrons. The van der Waals surface area contributed by atoms with Gasteiger partial charge in [-0.05, 0) is 43.4 Å². The number of aromatic nitrogens is 1. The summed E-state index contributed by atoms with van der Waals surface area (Å²) in [7, 11) is 1.55. The molecule has 0 saturated carbocycles. The van der Waals surface area contributed by atoms with Crippen LogP contribution < -0.4 is 20.7 Å². The van der Waals surface area contributed by atoms with Crippen LogP contribution in [0.5, 0.6) is 5.75 Å². The number of fused-ring (bicyclic) bond motifs is 1. The lowest BCUT2D eigenvalue weighted by atomic mass is 9.97. The Balaban J connectivity index is 1.61. The van der Waals surface area contributed by atoms with Crippen LogP contribution in [0.15, 0.2) is 24.3 Å². The van der Waals surface area contributed by atoms with E-state index >= 15 is 0 Å². The van der Waals surface area contributed by atoms with E-state index in [1.807, 2.05) is 19.9 Å². The molecule has 184 valence electrons. The highest BCUT2D eigenvalue weighted by molar-refractivity contribution is 6.01. The van der Waals surface area contributed by atoms with Gasteiger partial charge in [0.25, 0.3) is 5.91 Å². The Morgan fingerprint density at radius 1 is 1.26 bits per heavy atom. The van der Waals surface area contributed by atoms with Crippen LogP contribution in [0.1, 0.15) is 43.6 Å². The van der Waals surface area contributed by atoms with E-state index in [2.05, 4.69) is 20.9 Å². The van der Waals surface area contributed by atoms with Crippen molar-refractivity contribution in [3.8, 4) is 5.75 Å². The number of carbonyl (C=O) groups excluding carboxylic acids is 4. The molecule has 34 heavy (non-hydrogen) atoms. The third-order valence-corrected chi connectivity index (χ3v) is 5.90. The average Bonchev–Trinajstić information content (AvgIpc) is 3.42. The number of nitrogens with one attached hydrogen (secondary N) is 4. The predicted molar refractivity (Wildman–Crippen MR) is 125 cm³/mol. The molecule has 1 aromatic heterocycles. The Morgan fingerprint density at radius 3 is 2.68 bits per heavy atom. The fourth-order valence-corrected chi connectivity index (χ4v) is 4.05. The SMILES string of the molecule is COc1cccc2[nH]c(C(=O)N[C@@H](CC(C)C)C(=O)NCC(=O)C(O)C[C@@H]3CCNC3=O)cc12. The highest BCUT2D eigenvalue weighted by atomic mass is 16.5. The second kappa shape index (κ2) is 11.1. The molecule has 1 aliphatic rings. The normalized spacial score (nSPS) is 17.3. The Morgan fingerprint density at radius 2 is 2.03 bits per heavy atom. The molecule has 1 aliphatic heterocycles. The zero-order valence-corrected chi connectivity index (χ0v) is 19.6. The molecule has 10 heteroatoms. The van der Waals surface area contributed by atoms with E-state index in [0.29, 0.717) is 25.1 Å². The first kappa shape index (κ1) is 25.2. The summed E-state index contributed by atoms with van der Waals surface area (Å²) in [6.45, 7) is 3.98. The number of aliphatic hydroxyl groups is 1. The molecule has 1 saturated heterocycles. The number of rotatable bonds is 11. The van der Waals surface area contributed by atoms with Gasteiger partial charge in [-0.25, -0.2) is 0 Å². The maximum absolute atomic E-state index is 12.9. The van der Waals surface area contributed by atoms with Gasteiger partial charge < -0.3 is 30.8 Å². The van der Waals surface area contributed by atoms with Gasteiger partial charge in [0, 0.05) is 23.4 Å². The number of aromatic amines is 1. The average molecular weight is 473 g/mol. The summed E-state index contributed by atoms with van der Waals surface area (Å²) >= 11 is 0. The number of hydrogen-bond donors (Lipinski definition) is 5. The Hall–Kier alpha value is -3.40. The number of aliphatic hydroxyl groups excluding tert-OH is 1. The van der Waals surface area contributed by atoms with Gasteiger partial charge in [0.15, 0.2) is 5.78 Å². The van der Waals surface area contributed by atoms with E-state index < -0.39 is 35.7 Å². The molecule has 1 aromatic carbocycles. The number of carbonyl (C=O) groups is 4. The van der Waals surface area contributed by atoms with Crippen LogP contribution in [0.3, 0.4) is 0 Å². The molecule has 1 fully saturated rings. The largest absolute Gasteiger partial charge is 0.496 e. The highest BCUT2D eigenvalue weighted by Gasteiger charge is 2.30. The summed E-state index contributed by atoms with van der Waals surface area (Å²) in [6.07, 6.45) is -0.387. The van der Waals surface area contributed by atoms with Gasteiger partial charge in [-0.2, -0.15) is 0 Å². The zero-order valence-electron chi connectivity index (χ0n) is 19.6. The Kier molecular flexibility index (Phi) is 8.27. The number of hydrogen-bond acceptors (Lipinski definition) is 6. The van der Waals surface area contributed by atoms with Gasteiger partial charge in [-0.3, -0.25) is 19.2 Å². The van der Waals surface area contributed by atoms with Crippen LogP contribution >= 0.6 is 0 Å². The van der Waals surface area contributed by atoms with Crippen LogP contribution in [0, 0.1) is 11.8 Å². The molecule has 3 rings (SSSR count). The van der Waals surface area contributed by atoms with Gasteiger partial charge in [0.05, 0.1) is 13.7 Å². The van der Waals surface area contributed by atoms with Crippen molar-refractivity contribution in [2.75, 3.05) is 20.2 Å². The fraction of sp³-hybridized carbons (Fsp3) is 0.500. The van der Waals surface area contributed by atoms with Gasteiger partial charge >= 0.3 is 0 Å². The first-order valence-corrected chi connectivity index (χ1v) is 11.4. The second-order valence-corrected chi connectivity index (χ2v) is 8.97. The predicted octanol–water partition coefficient (Wildman–Crippen LogP) is 0.893. The monoisotopic (exact) mass is 472 g/mol. The molecule has 1 unspecified atom stereocenters. The minimum Gasteiger partial charge on any atom is -0.496 e. The molecule has 5 N–H and O–H groups in total. The number of benzene rings is 1. The van der Waals surface area contributed by atoms with Crippen LogP contribution in [-0.2, 0) is 14.4 Å². The third kappa shape index (κ3) is 6.13. The van der Waals surface area contributed by atoms with Crippen molar-refractivity contribution in [2.24, 2.45) is 11.8 Å². The minimum absolute atomic E-state index is 0.0243. The number of ether oxygens (including phenoxy) is 1. The highest BCUT2D eigenvalue weighted by Crippen LogP contribution is 2.26. The maximum atomic E-state index is 12.9. The van der Waals surface area contributed by atoms with Crippen molar-refractivity contribution in [1.29, 1.82) is 0 Å². The molecule has 0 aliphatic carbocycles. The van der Waals surface area contributed by atoms with E-state index in [0.717, 1.165) is 10.9 Å². The molecule has 10 nitrogen and oxygen atoms in total. The molecule has 0 bridgehead atoms. The number of amides is 3. The van der Waals surface area contributed by atoms with Crippen LogP contribution in [0.25, 0.3) is 10.9 Å². The zero-order chi connectivity index (χ0) is 24.8. The van der Waals surface area contributed by atoms with Crippen molar-refractivity contribution in [1.82, 2.24) is 20.9 Å². The van der Waals surface area contributed by atoms with Crippen molar-refractivity contribution >= 4 is 34.4 Å². The van der Waals surface area contributed by atoms with Crippen molar-refractivity contribution in [3.63, 3.8) is 0 Å². The van der Waals surface area contributed by atoms with Gasteiger partial charge in [-0.15, -0.1) is 0 Å². The van der Waals surface area contributed by atoms with Crippen LogP contribution in [-0.4, -0.2) is 65.9 Å². The molecular weight excluding hydrogens is 440 g/mol. The summed E-state index contributed by atoms with van der Waals surface area (Å²) in [5.74, 6) is -1.42. The van der Waals surface area contributed by atoms with E-state index in [1.165, 1.54) is 0 Å². The summed E-state index contributed by atoms with van der Waals surface area (Å²) in [5, 5.41) is 18.8. The molecule has 3 amide bonds. The lowest BCUT2D eigenvalue weighted by Crippen LogP contribution is -2.49. The number of ketones is 1. The first-order chi connectivity index (χ1) is 16.2. The smallest absolute Gasteiger partial charge is 0.268 e. The molecule has 2 aromatic rings. The van der Waals surface area contributed by atoms with Crippen molar-refractivity contribution in [3.05, 3.63) is 30.0 Å². The number of H-pyrrole nitrogens is 1. The second-order valence-electron chi connectivity index (χ2n) is 8.97. The quantitative estimate of drug-likeness (QED) is 0.328. The van der Waals surface area contributed by atoms with Crippen LogP contribution in [0.2, 0.25) is 0 Å². The number of methoxy groups -OCH3 is 1. The lowest BCUT2D eigenvalue weighted by Gasteiger charge is -2.20.